The van der Waals surface area contributed by atoms with Gasteiger partial charge in [-0.05, 0) is 50.3 Å². The van der Waals surface area contributed by atoms with Crippen molar-refractivity contribution in [3.8, 4) is 5.75 Å². The minimum absolute atomic E-state index is 0.00930. The van der Waals surface area contributed by atoms with E-state index in [-0.39, 0.29) is 11.3 Å². The lowest BCUT2D eigenvalue weighted by atomic mass is 9.97. The van der Waals surface area contributed by atoms with Gasteiger partial charge in [0.1, 0.15) is 0 Å². The molecule has 7 nitrogen and oxygen atoms in total. The number of hydrogen-bond donors (Lipinski definition) is 2. The molecule has 2 N–H and O–H groups in total. The molecule has 1 aliphatic carbocycles. The van der Waals surface area contributed by atoms with Gasteiger partial charge in [0.25, 0.3) is 5.91 Å². The lowest BCUT2D eigenvalue weighted by molar-refractivity contribution is -0.123. The fourth-order valence-corrected chi connectivity index (χ4v) is 2.68. The van der Waals surface area contributed by atoms with Gasteiger partial charge in [-0.1, -0.05) is 11.6 Å². The van der Waals surface area contributed by atoms with E-state index in [9.17, 15) is 18.8 Å². The quantitative estimate of drug-likeness (QED) is 0.562. The van der Waals surface area contributed by atoms with Crippen LogP contribution in [0.25, 0.3) is 0 Å². The molecule has 0 unspecified atom stereocenters. The van der Waals surface area contributed by atoms with Crippen LogP contribution in [0.2, 0.25) is 0 Å². The molecular weight excluding hydrogens is 355 g/mol. The molecule has 1 aromatic rings. The molecule has 0 bridgehead atoms. The number of amides is 3. The lowest BCUT2D eigenvalue weighted by Crippen LogP contribution is -2.41. The summed E-state index contributed by atoms with van der Waals surface area (Å²) in [5.74, 6) is -2.38. The highest BCUT2D eigenvalue weighted by atomic mass is 19.1. The van der Waals surface area contributed by atoms with Gasteiger partial charge in [0.2, 0.25) is 0 Å². The summed E-state index contributed by atoms with van der Waals surface area (Å²) >= 11 is 0. The fourth-order valence-electron chi connectivity index (χ4n) is 2.68. The molecule has 0 aliphatic heterocycles. The van der Waals surface area contributed by atoms with Gasteiger partial charge in [0.05, 0.1) is 12.7 Å². The van der Waals surface area contributed by atoms with Crippen molar-refractivity contribution in [2.75, 3.05) is 20.3 Å². The normalized spacial score (nSPS) is 13.3. The second-order valence-corrected chi connectivity index (χ2v) is 6.09. The van der Waals surface area contributed by atoms with Crippen molar-refractivity contribution in [3.05, 3.63) is 41.2 Å². The van der Waals surface area contributed by atoms with Crippen LogP contribution in [-0.2, 0) is 9.53 Å². The number of methoxy groups -OCH3 is 1. The molecule has 0 aromatic heterocycles. The number of esters is 1. The number of halogens is 1. The SMILES string of the molecule is COc1ccc(C(=O)OCC(=O)NC(=O)NCCC2=CCCCC2)cc1F. The Morgan fingerprint density at radius 3 is 2.70 bits per heavy atom. The van der Waals surface area contributed by atoms with Crippen LogP contribution in [0.5, 0.6) is 5.75 Å². The Bertz CT molecular complexity index is 733. The van der Waals surface area contributed by atoms with E-state index < -0.39 is 30.3 Å². The smallest absolute Gasteiger partial charge is 0.338 e. The van der Waals surface area contributed by atoms with E-state index in [1.54, 1.807) is 0 Å². The third-order valence-corrected chi connectivity index (χ3v) is 4.09. The molecule has 1 aromatic carbocycles. The highest BCUT2D eigenvalue weighted by molar-refractivity contribution is 5.97. The lowest BCUT2D eigenvalue weighted by Gasteiger charge is -2.13. The largest absolute Gasteiger partial charge is 0.494 e. The number of rotatable bonds is 7. The van der Waals surface area contributed by atoms with Crippen LogP contribution in [0, 0.1) is 5.82 Å². The summed E-state index contributed by atoms with van der Waals surface area (Å²) in [6.07, 6.45) is 7.43. The Labute approximate surface area is 156 Å². The van der Waals surface area contributed by atoms with E-state index in [0.717, 1.165) is 25.3 Å². The fraction of sp³-hybridized carbons (Fsp3) is 0.421. The molecule has 0 heterocycles. The Morgan fingerprint density at radius 2 is 2.04 bits per heavy atom. The number of ether oxygens (including phenoxy) is 2. The van der Waals surface area contributed by atoms with E-state index in [1.807, 2.05) is 0 Å². The summed E-state index contributed by atoms with van der Waals surface area (Å²) in [4.78, 5) is 35.1. The maximum Gasteiger partial charge on any atom is 0.338 e. The average molecular weight is 378 g/mol. The molecule has 0 spiro atoms. The van der Waals surface area contributed by atoms with Crippen molar-refractivity contribution < 1.29 is 28.2 Å². The number of allylic oxidation sites excluding steroid dienone is 1. The Morgan fingerprint density at radius 1 is 1.22 bits per heavy atom. The van der Waals surface area contributed by atoms with E-state index in [0.29, 0.717) is 6.54 Å². The molecule has 2 rings (SSSR count). The molecule has 0 saturated carbocycles. The first kappa shape index (κ1) is 20.4. The summed E-state index contributed by atoms with van der Waals surface area (Å²) < 4.78 is 23.1. The number of carbonyl (C=O) groups is 3. The Balaban J connectivity index is 1.68. The molecule has 27 heavy (non-hydrogen) atoms. The monoisotopic (exact) mass is 378 g/mol. The van der Waals surface area contributed by atoms with Gasteiger partial charge in [0, 0.05) is 6.54 Å². The Kier molecular flexibility index (Phi) is 7.79. The third kappa shape index (κ3) is 6.73. The van der Waals surface area contributed by atoms with Gasteiger partial charge in [-0.15, -0.1) is 0 Å². The van der Waals surface area contributed by atoms with Crippen molar-refractivity contribution >= 4 is 17.9 Å². The standard InChI is InChI=1S/C19H23FN2O5/c1-26-16-8-7-14(11-15(16)20)18(24)27-12-17(23)22-19(25)21-10-9-13-5-3-2-4-6-13/h5,7-8,11H,2-4,6,9-10,12H2,1H3,(H2,21,22,23,25). The zero-order valence-corrected chi connectivity index (χ0v) is 15.2. The van der Waals surface area contributed by atoms with Crippen molar-refractivity contribution in [1.29, 1.82) is 0 Å². The topological polar surface area (TPSA) is 93.7 Å². The molecule has 3 amide bonds. The molecule has 1 aliphatic rings. The van der Waals surface area contributed by atoms with Crippen LogP contribution in [-0.4, -0.2) is 38.2 Å². The molecular formula is C19H23FN2O5. The van der Waals surface area contributed by atoms with Crippen LogP contribution in [0.1, 0.15) is 42.5 Å². The first-order chi connectivity index (χ1) is 13.0. The van der Waals surface area contributed by atoms with Crippen LogP contribution in [0.15, 0.2) is 29.8 Å². The van der Waals surface area contributed by atoms with Crippen LogP contribution >= 0.6 is 0 Å². The van der Waals surface area contributed by atoms with Crippen molar-refractivity contribution in [2.24, 2.45) is 0 Å². The van der Waals surface area contributed by atoms with E-state index >= 15 is 0 Å². The third-order valence-electron chi connectivity index (χ3n) is 4.09. The van der Waals surface area contributed by atoms with Gasteiger partial charge in [-0.2, -0.15) is 0 Å². The number of nitrogens with one attached hydrogen (secondary N) is 2. The zero-order chi connectivity index (χ0) is 19.6. The van der Waals surface area contributed by atoms with Gasteiger partial charge in [0.15, 0.2) is 18.2 Å². The number of benzene rings is 1. The summed E-state index contributed by atoms with van der Waals surface area (Å²) in [5, 5.41) is 4.66. The van der Waals surface area contributed by atoms with E-state index in [1.165, 1.54) is 37.7 Å². The molecule has 8 heteroatoms. The van der Waals surface area contributed by atoms with E-state index in [2.05, 4.69) is 16.7 Å². The molecule has 0 radical (unpaired) electrons. The highest BCUT2D eigenvalue weighted by Gasteiger charge is 2.14. The predicted octanol–water partition coefficient (Wildman–Crippen LogP) is 2.71. The van der Waals surface area contributed by atoms with Crippen LogP contribution < -0.4 is 15.4 Å². The zero-order valence-electron chi connectivity index (χ0n) is 15.2. The first-order valence-electron chi connectivity index (χ1n) is 8.76. The van der Waals surface area contributed by atoms with Crippen LogP contribution in [0.4, 0.5) is 9.18 Å². The maximum atomic E-state index is 13.6. The van der Waals surface area contributed by atoms with E-state index in [4.69, 9.17) is 9.47 Å². The predicted molar refractivity (Wildman–Crippen MR) is 95.9 cm³/mol. The Hall–Kier alpha value is -2.90. The molecule has 0 fully saturated rings. The summed E-state index contributed by atoms with van der Waals surface area (Å²) in [7, 11) is 1.30. The van der Waals surface area contributed by atoms with Crippen molar-refractivity contribution in [3.63, 3.8) is 0 Å². The summed E-state index contributed by atoms with van der Waals surface area (Å²) in [6, 6.07) is 2.89. The van der Waals surface area contributed by atoms with Gasteiger partial charge in [-0.3, -0.25) is 10.1 Å². The van der Waals surface area contributed by atoms with Gasteiger partial charge < -0.3 is 14.8 Å². The summed E-state index contributed by atoms with van der Waals surface area (Å²) in [6.45, 7) is -0.221. The van der Waals surface area contributed by atoms with Gasteiger partial charge in [-0.25, -0.2) is 14.0 Å². The van der Waals surface area contributed by atoms with Crippen molar-refractivity contribution in [1.82, 2.24) is 10.6 Å². The molecule has 0 atom stereocenters. The highest BCUT2D eigenvalue weighted by Crippen LogP contribution is 2.19. The minimum Gasteiger partial charge on any atom is -0.494 e. The summed E-state index contributed by atoms with van der Waals surface area (Å²) in [5.41, 5.74) is 1.25. The van der Waals surface area contributed by atoms with Crippen LogP contribution in [0.3, 0.4) is 0 Å². The number of hydrogen-bond acceptors (Lipinski definition) is 5. The first-order valence-corrected chi connectivity index (χ1v) is 8.76. The average Bonchev–Trinajstić information content (AvgIpc) is 2.66. The maximum absolute atomic E-state index is 13.6. The van der Waals surface area contributed by atoms with Gasteiger partial charge >= 0.3 is 12.0 Å². The number of imide groups is 1. The molecule has 146 valence electrons. The van der Waals surface area contributed by atoms with Crippen molar-refractivity contribution in [2.45, 2.75) is 32.1 Å². The number of urea groups is 1. The minimum atomic E-state index is -0.878. The second kappa shape index (κ2) is 10.3. The number of carbonyl (C=O) groups excluding carboxylic acids is 3. The molecule has 0 saturated heterocycles. The second-order valence-electron chi connectivity index (χ2n) is 6.09.